The molecule has 94 valence electrons. The number of hydrogen-bond donors (Lipinski definition) is 1. The van der Waals surface area contributed by atoms with Crippen LogP contribution in [-0.2, 0) is 0 Å². The van der Waals surface area contributed by atoms with Crippen LogP contribution in [0, 0.1) is 5.82 Å². The van der Waals surface area contributed by atoms with Gasteiger partial charge in [-0.1, -0.05) is 26.0 Å². The zero-order valence-electron chi connectivity index (χ0n) is 10.1. The van der Waals surface area contributed by atoms with E-state index in [-0.39, 0.29) is 17.4 Å². The van der Waals surface area contributed by atoms with E-state index in [1.54, 1.807) is 12.1 Å². The average molecular weight is 248 g/mol. The number of esters is 1. The van der Waals surface area contributed by atoms with Crippen molar-refractivity contribution in [3.8, 4) is 5.75 Å². The molecule has 2 aromatic rings. The maximum absolute atomic E-state index is 13.3. The molecule has 0 spiro atoms. The molecule has 0 amide bonds. The maximum Gasteiger partial charge on any atom is 0.364 e. The van der Waals surface area contributed by atoms with Gasteiger partial charge in [-0.2, -0.15) is 5.10 Å². The third-order valence-electron chi connectivity index (χ3n) is 2.47. The first-order valence-electron chi connectivity index (χ1n) is 5.60. The number of para-hydroxylation sites is 1. The summed E-state index contributed by atoms with van der Waals surface area (Å²) in [5, 5.41) is 6.58. The molecule has 0 aliphatic rings. The third kappa shape index (κ3) is 2.56. The highest BCUT2D eigenvalue weighted by Gasteiger charge is 2.15. The molecule has 0 fully saturated rings. The smallest absolute Gasteiger partial charge is 0.364 e. The summed E-state index contributed by atoms with van der Waals surface area (Å²) in [5.74, 6) is -1.13. The van der Waals surface area contributed by atoms with Crippen LogP contribution in [0.15, 0.2) is 30.3 Å². The van der Waals surface area contributed by atoms with E-state index >= 15 is 0 Å². The van der Waals surface area contributed by atoms with Crippen molar-refractivity contribution in [3.05, 3.63) is 47.5 Å². The predicted octanol–water partition coefficient (Wildman–Crippen LogP) is 2.89. The molecule has 1 aromatic carbocycles. The Balaban J connectivity index is 2.15. The first-order valence-corrected chi connectivity index (χ1v) is 5.60. The van der Waals surface area contributed by atoms with Crippen molar-refractivity contribution >= 4 is 5.97 Å². The first-order chi connectivity index (χ1) is 8.58. The van der Waals surface area contributed by atoms with Crippen molar-refractivity contribution in [2.75, 3.05) is 0 Å². The Labute approximate surface area is 104 Å². The molecule has 0 saturated heterocycles. The normalized spacial score (nSPS) is 10.7. The number of ether oxygens (including phenoxy) is 1. The number of halogens is 1. The van der Waals surface area contributed by atoms with E-state index in [2.05, 4.69) is 10.2 Å². The second-order valence-corrected chi connectivity index (χ2v) is 4.18. The van der Waals surface area contributed by atoms with Gasteiger partial charge in [0.25, 0.3) is 0 Å². The summed E-state index contributed by atoms with van der Waals surface area (Å²) in [6, 6.07) is 7.34. The van der Waals surface area contributed by atoms with E-state index < -0.39 is 11.8 Å². The van der Waals surface area contributed by atoms with Gasteiger partial charge in [0.1, 0.15) is 0 Å². The Kier molecular flexibility index (Phi) is 3.41. The van der Waals surface area contributed by atoms with Gasteiger partial charge in [-0.3, -0.25) is 5.10 Å². The fourth-order valence-corrected chi connectivity index (χ4v) is 1.42. The summed E-state index contributed by atoms with van der Waals surface area (Å²) in [5.41, 5.74) is 0.970. The number of nitrogens with zero attached hydrogens (tertiary/aromatic N) is 1. The lowest BCUT2D eigenvalue weighted by molar-refractivity contribution is 0.0721. The van der Waals surface area contributed by atoms with Crippen LogP contribution < -0.4 is 4.74 Å². The van der Waals surface area contributed by atoms with Crippen LogP contribution in [0.5, 0.6) is 5.75 Å². The number of H-pyrrole nitrogens is 1. The molecule has 0 aliphatic heterocycles. The van der Waals surface area contributed by atoms with Crippen LogP contribution in [-0.4, -0.2) is 16.2 Å². The second kappa shape index (κ2) is 5.00. The molecule has 0 saturated carbocycles. The molecule has 2 rings (SSSR count). The Morgan fingerprint density at radius 1 is 1.39 bits per heavy atom. The molecule has 0 aliphatic carbocycles. The number of aromatic amines is 1. The fourth-order valence-electron chi connectivity index (χ4n) is 1.42. The maximum atomic E-state index is 13.3. The Morgan fingerprint density at radius 2 is 2.11 bits per heavy atom. The fraction of sp³-hybridized carbons (Fsp3) is 0.231. The summed E-state index contributed by atoms with van der Waals surface area (Å²) in [6.07, 6.45) is 0. The number of aromatic nitrogens is 2. The molecule has 5 heteroatoms. The van der Waals surface area contributed by atoms with Crippen LogP contribution >= 0.6 is 0 Å². The van der Waals surface area contributed by atoms with E-state index in [0.717, 1.165) is 5.69 Å². The monoisotopic (exact) mass is 248 g/mol. The van der Waals surface area contributed by atoms with E-state index in [4.69, 9.17) is 4.74 Å². The summed E-state index contributed by atoms with van der Waals surface area (Å²) in [6.45, 7) is 3.94. The van der Waals surface area contributed by atoms with Gasteiger partial charge in [-0.15, -0.1) is 0 Å². The largest absolute Gasteiger partial charge is 0.419 e. The topological polar surface area (TPSA) is 55.0 Å². The SMILES string of the molecule is CC(C)c1cc(C(=O)Oc2ccccc2F)n[nH]1. The second-order valence-electron chi connectivity index (χ2n) is 4.18. The van der Waals surface area contributed by atoms with Crippen molar-refractivity contribution in [1.82, 2.24) is 10.2 Å². The van der Waals surface area contributed by atoms with E-state index in [1.807, 2.05) is 13.8 Å². The molecule has 0 unspecified atom stereocenters. The van der Waals surface area contributed by atoms with Gasteiger partial charge in [-0.25, -0.2) is 9.18 Å². The quantitative estimate of drug-likeness (QED) is 0.671. The van der Waals surface area contributed by atoms with Gasteiger partial charge in [0.05, 0.1) is 0 Å². The van der Waals surface area contributed by atoms with Gasteiger partial charge < -0.3 is 4.74 Å². The first kappa shape index (κ1) is 12.3. The molecule has 0 radical (unpaired) electrons. The van der Waals surface area contributed by atoms with E-state index in [1.165, 1.54) is 18.2 Å². The van der Waals surface area contributed by atoms with E-state index in [0.29, 0.717) is 0 Å². The Bertz CT molecular complexity index is 564. The van der Waals surface area contributed by atoms with Crippen LogP contribution in [0.2, 0.25) is 0 Å². The Hall–Kier alpha value is -2.17. The summed E-state index contributed by atoms with van der Waals surface area (Å²) >= 11 is 0. The van der Waals surface area contributed by atoms with Crippen LogP contribution in [0.1, 0.15) is 35.9 Å². The number of benzene rings is 1. The number of carbonyl (C=O) groups excluding carboxylic acids is 1. The van der Waals surface area contributed by atoms with Gasteiger partial charge in [0, 0.05) is 5.69 Å². The number of rotatable bonds is 3. The lowest BCUT2D eigenvalue weighted by atomic mass is 10.1. The molecular formula is C13H13FN2O2. The summed E-state index contributed by atoms with van der Waals surface area (Å²) < 4.78 is 18.2. The van der Waals surface area contributed by atoms with Gasteiger partial charge in [-0.05, 0) is 24.1 Å². The van der Waals surface area contributed by atoms with Crippen molar-refractivity contribution in [2.24, 2.45) is 0 Å². The molecule has 1 heterocycles. The highest BCUT2D eigenvalue weighted by molar-refractivity contribution is 5.89. The van der Waals surface area contributed by atoms with Gasteiger partial charge >= 0.3 is 5.97 Å². The highest BCUT2D eigenvalue weighted by atomic mass is 19.1. The Morgan fingerprint density at radius 3 is 2.72 bits per heavy atom. The molecule has 18 heavy (non-hydrogen) atoms. The predicted molar refractivity (Wildman–Crippen MR) is 64.0 cm³/mol. The molecule has 0 atom stereocenters. The van der Waals surface area contributed by atoms with Crippen LogP contribution in [0.25, 0.3) is 0 Å². The average Bonchev–Trinajstić information content (AvgIpc) is 2.81. The molecule has 0 bridgehead atoms. The van der Waals surface area contributed by atoms with Crippen molar-refractivity contribution in [3.63, 3.8) is 0 Å². The number of nitrogens with one attached hydrogen (secondary N) is 1. The van der Waals surface area contributed by atoms with Crippen LogP contribution in [0.3, 0.4) is 0 Å². The lowest BCUT2D eigenvalue weighted by Gasteiger charge is -2.02. The number of hydrogen-bond acceptors (Lipinski definition) is 3. The minimum atomic E-state index is -0.678. The molecule has 1 N–H and O–H groups in total. The third-order valence-corrected chi connectivity index (χ3v) is 2.47. The zero-order valence-corrected chi connectivity index (χ0v) is 10.1. The van der Waals surface area contributed by atoms with Crippen LogP contribution in [0.4, 0.5) is 4.39 Å². The lowest BCUT2D eigenvalue weighted by Crippen LogP contribution is -2.09. The van der Waals surface area contributed by atoms with Crippen molar-refractivity contribution in [1.29, 1.82) is 0 Å². The zero-order chi connectivity index (χ0) is 13.1. The molecular weight excluding hydrogens is 235 g/mol. The molecule has 1 aromatic heterocycles. The summed E-state index contributed by atoms with van der Waals surface area (Å²) in [4.78, 5) is 11.7. The van der Waals surface area contributed by atoms with Crippen molar-refractivity contribution in [2.45, 2.75) is 19.8 Å². The van der Waals surface area contributed by atoms with Gasteiger partial charge in [0.2, 0.25) is 0 Å². The minimum Gasteiger partial charge on any atom is -0.419 e. The minimum absolute atomic E-state index is 0.100. The number of carbonyl (C=O) groups is 1. The standard InChI is InChI=1S/C13H13FN2O2/c1-8(2)10-7-11(16-15-10)13(17)18-12-6-4-3-5-9(12)14/h3-8H,1-2H3,(H,15,16). The van der Waals surface area contributed by atoms with E-state index in [9.17, 15) is 9.18 Å². The highest BCUT2D eigenvalue weighted by Crippen LogP contribution is 2.18. The van der Waals surface area contributed by atoms with Gasteiger partial charge in [0.15, 0.2) is 17.3 Å². The molecule has 4 nitrogen and oxygen atoms in total. The van der Waals surface area contributed by atoms with Crippen molar-refractivity contribution < 1.29 is 13.9 Å². The summed E-state index contributed by atoms with van der Waals surface area (Å²) in [7, 11) is 0.